The average molecular weight is 517 g/mol. The minimum absolute atomic E-state index is 0.0721. The number of anilines is 1. The van der Waals surface area contributed by atoms with E-state index in [4.69, 9.17) is 9.97 Å². The van der Waals surface area contributed by atoms with Crippen molar-refractivity contribution in [2.24, 2.45) is 0 Å². The first kappa shape index (κ1) is 26.9. The average Bonchev–Trinajstić information content (AvgIpc) is 2.90. The molecule has 2 N–H and O–H groups in total. The van der Waals surface area contributed by atoms with Gasteiger partial charge in [0.15, 0.2) is 0 Å². The van der Waals surface area contributed by atoms with E-state index in [1.807, 2.05) is 18.3 Å². The molecular weight excluding hydrogens is 472 g/mol. The van der Waals surface area contributed by atoms with Crippen molar-refractivity contribution in [3.8, 4) is 5.75 Å². The van der Waals surface area contributed by atoms with Crippen LogP contribution in [-0.2, 0) is 5.54 Å². The van der Waals surface area contributed by atoms with Gasteiger partial charge in [-0.05, 0) is 83.1 Å². The van der Waals surface area contributed by atoms with E-state index in [1.54, 1.807) is 6.07 Å². The Balaban J connectivity index is 1.34. The molecule has 0 amide bonds. The summed E-state index contributed by atoms with van der Waals surface area (Å²) in [5.74, 6) is 1.29. The van der Waals surface area contributed by atoms with Gasteiger partial charge >= 0.3 is 0 Å². The molecule has 38 heavy (non-hydrogen) atoms. The summed E-state index contributed by atoms with van der Waals surface area (Å²) in [6, 6.07) is 15.6. The van der Waals surface area contributed by atoms with Crippen LogP contribution in [0, 0.1) is 0 Å². The van der Waals surface area contributed by atoms with Crippen molar-refractivity contribution < 1.29 is 5.11 Å². The van der Waals surface area contributed by atoms with Crippen LogP contribution in [0.15, 0.2) is 48.7 Å². The summed E-state index contributed by atoms with van der Waals surface area (Å²) in [6.07, 6.45) is 6.21. The standard InChI is InChI=1S/C31H44N6O/c1-6-8-29(37-20-22(2)33-23(3)21-37)30-32-19-24-17-26(11-12-28(24)34-30)36-15-13-31(14-16-36,35(4)5)25-9-7-10-27(38)18-25/h7,9-12,17-19,22-23,29,33,38H,6,8,13-16,20-21H2,1-5H3/t22-,23+,29-/m1/s1. The van der Waals surface area contributed by atoms with Gasteiger partial charge in [-0.25, -0.2) is 9.97 Å². The number of benzene rings is 2. The Morgan fingerprint density at radius 2 is 1.82 bits per heavy atom. The number of nitrogens with zero attached hydrogens (tertiary/aromatic N) is 5. The highest BCUT2D eigenvalue weighted by molar-refractivity contribution is 5.82. The number of piperidine rings is 1. The maximum Gasteiger partial charge on any atom is 0.146 e. The molecule has 1 aromatic heterocycles. The molecule has 0 bridgehead atoms. The van der Waals surface area contributed by atoms with E-state index in [-0.39, 0.29) is 11.6 Å². The van der Waals surface area contributed by atoms with E-state index >= 15 is 0 Å². The molecule has 2 aromatic carbocycles. The summed E-state index contributed by atoms with van der Waals surface area (Å²) >= 11 is 0. The molecule has 0 saturated carbocycles. The molecule has 0 unspecified atom stereocenters. The lowest BCUT2D eigenvalue weighted by molar-refractivity contribution is 0.112. The molecule has 3 heterocycles. The van der Waals surface area contributed by atoms with Crippen LogP contribution in [0.3, 0.4) is 0 Å². The number of nitrogens with one attached hydrogen (secondary N) is 1. The number of aromatic hydroxyl groups is 1. The Hall–Kier alpha value is -2.74. The number of hydrogen-bond donors (Lipinski definition) is 2. The summed E-state index contributed by atoms with van der Waals surface area (Å²) in [7, 11) is 4.30. The smallest absolute Gasteiger partial charge is 0.146 e. The van der Waals surface area contributed by atoms with Crippen LogP contribution in [0.1, 0.15) is 63.9 Å². The first-order valence-corrected chi connectivity index (χ1v) is 14.3. The predicted molar refractivity (Wildman–Crippen MR) is 156 cm³/mol. The molecule has 0 radical (unpaired) electrons. The number of aromatic nitrogens is 2. The molecule has 3 atom stereocenters. The SMILES string of the molecule is CCC[C@H](c1ncc2cc(N3CCC(c4cccc(O)c4)(N(C)C)CC3)ccc2n1)N1C[C@@H](C)N[C@@H](C)C1. The second-order valence-electron chi connectivity index (χ2n) is 11.7. The highest BCUT2D eigenvalue weighted by Crippen LogP contribution is 2.40. The van der Waals surface area contributed by atoms with Crippen molar-refractivity contribution in [2.75, 3.05) is 45.2 Å². The lowest BCUT2D eigenvalue weighted by atomic mass is 9.79. The van der Waals surface area contributed by atoms with E-state index in [0.29, 0.717) is 17.8 Å². The van der Waals surface area contributed by atoms with Crippen molar-refractivity contribution in [3.63, 3.8) is 0 Å². The summed E-state index contributed by atoms with van der Waals surface area (Å²) in [4.78, 5) is 17.4. The minimum Gasteiger partial charge on any atom is -0.508 e. The normalized spacial score (nSPS) is 23.2. The number of hydrogen-bond acceptors (Lipinski definition) is 7. The van der Waals surface area contributed by atoms with Crippen molar-refractivity contribution in [3.05, 3.63) is 60.0 Å². The van der Waals surface area contributed by atoms with Crippen molar-refractivity contribution in [1.29, 1.82) is 0 Å². The maximum absolute atomic E-state index is 10.1. The first-order chi connectivity index (χ1) is 18.3. The van der Waals surface area contributed by atoms with Gasteiger partial charge in [0.1, 0.15) is 11.6 Å². The number of phenolic OH excluding ortho intramolecular Hbond substituents is 1. The van der Waals surface area contributed by atoms with Crippen LogP contribution in [0.25, 0.3) is 10.9 Å². The number of piperazine rings is 1. The van der Waals surface area contributed by atoms with E-state index in [0.717, 1.165) is 68.6 Å². The quantitative estimate of drug-likeness (QED) is 0.462. The molecule has 3 aromatic rings. The fourth-order valence-corrected chi connectivity index (χ4v) is 6.69. The van der Waals surface area contributed by atoms with Crippen molar-refractivity contribution in [2.45, 2.75) is 70.1 Å². The number of phenols is 1. The van der Waals surface area contributed by atoms with Gasteiger partial charge in [0, 0.05) is 61.1 Å². The van der Waals surface area contributed by atoms with Crippen molar-refractivity contribution in [1.82, 2.24) is 25.1 Å². The van der Waals surface area contributed by atoms with Gasteiger partial charge in [-0.1, -0.05) is 25.5 Å². The Kier molecular flexibility index (Phi) is 7.89. The second-order valence-corrected chi connectivity index (χ2v) is 11.7. The summed E-state index contributed by atoms with van der Waals surface area (Å²) in [6.45, 7) is 10.7. The molecule has 5 rings (SSSR count). The number of rotatable bonds is 7. The minimum atomic E-state index is -0.0721. The molecule has 204 valence electrons. The lowest BCUT2D eigenvalue weighted by Gasteiger charge is -2.47. The van der Waals surface area contributed by atoms with Crippen LogP contribution < -0.4 is 10.2 Å². The maximum atomic E-state index is 10.1. The molecule has 7 nitrogen and oxygen atoms in total. The fraction of sp³-hybridized carbons (Fsp3) is 0.548. The fourth-order valence-electron chi connectivity index (χ4n) is 6.69. The Labute approximate surface area is 227 Å². The zero-order valence-corrected chi connectivity index (χ0v) is 23.7. The predicted octanol–water partition coefficient (Wildman–Crippen LogP) is 4.92. The van der Waals surface area contributed by atoms with Crippen LogP contribution in [-0.4, -0.2) is 77.2 Å². The Bertz CT molecular complexity index is 1230. The van der Waals surface area contributed by atoms with Crippen molar-refractivity contribution >= 4 is 16.6 Å². The molecule has 0 aliphatic carbocycles. The molecule has 7 heteroatoms. The first-order valence-electron chi connectivity index (χ1n) is 14.3. The molecule has 2 saturated heterocycles. The van der Waals surface area contributed by atoms with Crippen LogP contribution in [0.2, 0.25) is 0 Å². The van der Waals surface area contributed by atoms with E-state index < -0.39 is 0 Å². The largest absolute Gasteiger partial charge is 0.508 e. The van der Waals surface area contributed by atoms with Crippen LogP contribution in [0.4, 0.5) is 5.69 Å². The lowest BCUT2D eigenvalue weighted by Crippen LogP contribution is -2.55. The van der Waals surface area contributed by atoms with Crippen LogP contribution >= 0.6 is 0 Å². The summed E-state index contributed by atoms with van der Waals surface area (Å²) in [5, 5.41) is 14.8. The summed E-state index contributed by atoms with van der Waals surface area (Å²) in [5.41, 5.74) is 3.37. The molecule has 2 aliphatic rings. The Morgan fingerprint density at radius 3 is 2.47 bits per heavy atom. The van der Waals surface area contributed by atoms with E-state index in [1.165, 1.54) is 11.3 Å². The molecule has 2 aliphatic heterocycles. The van der Waals surface area contributed by atoms with Crippen LogP contribution in [0.5, 0.6) is 5.75 Å². The van der Waals surface area contributed by atoms with Gasteiger partial charge in [-0.3, -0.25) is 9.80 Å². The molecular formula is C31H44N6O. The third kappa shape index (κ3) is 5.37. The highest BCUT2D eigenvalue weighted by atomic mass is 16.3. The van der Waals surface area contributed by atoms with Gasteiger partial charge in [0.25, 0.3) is 0 Å². The zero-order chi connectivity index (χ0) is 26.9. The molecule has 0 spiro atoms. The number of fused-ring (bicyclic) bond motifs is 1. The van der Waals surface area contributed by atoms with Gasteiger partial charge < -0.3 is 15.3 Å². The third-order valence-electron chi connectivity index (χ3n) is 8.66. The second kappa shape index (κ2) is 11.2. The van der Waals surface area contributed by atoms with Gasteiger partial charge in [-0.2, -0.15) is 0 Å². The van der Waals surface area contributed by atoms with Gasteiger partial charge in [0.2, 0.25) is 0 Å². The van der Waals surface area contributed by atoms with Gasteiger partial charge in [0.05, 0.1) is 11.6 Å². The third-order valence-corrected chi connectivity index (χ3v) is 8.66. The molecule has 2 fully saturated rings. The topological polar surface area (TPSA) is 67.8 Å². The van der Waals surface area contributed by atoms with E-state index in [9.17, 15) is 5.11 Å². The summed E-state index contributed by atoms with van der Waals surface area (Å²) < 4.78 is 0. The van der Waals surface area contributed by atoms with E-state index in [2.05, 4.69) is 79.1 Å². The Morgan fingerprint density at radius 1 is 1.08 bits per heavy atom. The highest BCUT2D eigenvalue weighted by Gasteiger charge is 2.38. The monoisotopic (exact) mass is 516 g/mol. The zero-order valence-electron chi connectivity index (χ0n) is 23.7. The van der Waals surface area contributed by atoms with Gasteiger partial charge in [-0.15, -0.1) is 0 Å².